The summed E-state index contributed by atoms with van der Waals surface area (Å²) in [6.45, 7) is 0. The zero-order valence-electron chi connectivity index (χ0n) is 7.96. The average Bonchev–Trinajstić information content (AvgIpc) is 2.47. The van der Waals surface area contributed by atoms with Gasteiger partial charge in [-0.25, -0.2) is 8.78 Å². The van der Waals surface area contributed by atoms with Gasteiger partial charge in [0.15, 0.2) is 0 Å². The van der Waals surface area contributed by atoms with Gasteiger partial charge in [0, 0.05) is 37.8 Å². The zero-order chi connectivity index (χ0) is 10.3. The van der Waals surface area contributed by atoms with E-state index in [0.717, 1.165) is 6.07 Å². The largest absolute Gasteiger partial charge is 0.319 e. The first-order valence-corrected chi connectivity index (χ1v) is 4.23. The van der Waals surface area contributed by atoms with Crippen molar-refractivity contribution in [3.05, 3.63) is 36.0 Å². The van der Waals surface area contributed by atoms with Crippen molar-refractivity contribution in [1.29, 1.82) is 0 Å². The summed E-state index contributed by atoms with van der Waals surface area (Å²) in [4.78, 5) is 0. The lowest BCUT2D eigenvalue weighted by Gasteiger charge is -2.15. The van der Waals surface area contributed by atoms with Gasteiger partial charge < -0.3 is 5.01 Å². The second kappa shape index (κ2) is 2.97. The van der Waals surface area contributed by atoms with Crippen LogP contribution in [-0.4, -0.2) is 18.8 Å². The normalized spacial score (nSPS) is 10.9. The van der Waals surface area contributed by atoms with E-state index < -0.39 is 11.6 Å². The molecule has 1 heterocycles. The Labute approximate surface area is 80.3 Å². The molecule has 0 radical (unpaired) electrons. The van der Waals surface area contributed by atoms with Crippen LogP contribution in [0.2, 0.25) is 0 Å². The van der Waals surface area contributed by atoms with Crippen LogP contribution in [0, 0.1) is 11.6 Å². The van der Waals surface area contributed by atoms with Crippen molar-refractivity contribution in [2.45, 2.75) is 0 Å². The third kappa shape index (κ3) is 1.23. The maximum Gasteiger partial charge on any atom is 0.135 e. The van der Waals surface area contributed by atoms with E-state index in [9.17, 15) is 8.78 Å². The van der Waals surface area contributed by atoms with Crippen LogP contribution in [0.25, 0.3) is 10.9 Å². The Morgan fingerprint density at radius 3 is 2.57 bits per heavy atom. The van der Waals surface area contributed by atoms with Crippen molar-refractivity contribution >= 4 is 10.9 Å². The molecule has 0 fully saturated rings. The third-order valence-electron chi connectivity index (χ3n) is 2.13. The molecular formula is C10H10F2N2. The molecule has 14 heavy (non-hydrogen) atoms. The third-order valence-corrected chi connectivity index (χ3v) is 2.13. The van der Waals surface area contributed by atoms with Gasteiger partial charge in [0.25, 0.3) is 0 Å². The molecule has 2 rings (SSSR count). The van der Waals surface area contributed by atoms with Gasteiger partial charge in [-0.3, -0.25) is 4.68 Å². The van der Waals surface area contributed by atoms with Gasteiger partial charge in [-0.05, 0) is 6.07 Å². The molecule has 0 spiro atoms. The van der Waals surface area contributed by atoms with Crippen LogP contribution in [0.5, 0.6) is 0 Å². The maximum absolute atomic E-state index is 13.3. The fourth-order valence-electron chi connectivity index (χ4n) is 1.50. The molecule has 0 bridgehead atoms. The Morgan fingerprint density at radius 1 is 1.21 bits per heavy atom. The van der Waals surface area contributed by atoms with E-state index in [1.165, 1.54) is 6.07 Å². The Kier molecular flexibility index (Phi) is 1.91. The molecule has 0 aliphatic rings. The topological polar surface area (TPSA) is 8.17 Å². The summed E-state index contributed by atoms with van der Waals surface area (Å²) in [5, 5.41) is 2.18. The number of rotatable bonds is 1. The molecule has 2 nitrogen and oxygen atoms in total. The predicted molar refractivity (Wildman–Crippen MR) is 51.9 cm³/mol. The van der Waals surface area contributed by atoms with Crippen LogP contribution in [0.4, 0.5) is 8.78 Å². The van der Waals surface area contributed by atoms with Crippen LogP contribution in [0.15, 0.2) is 24.4 Å². The predicted octanol–water partition coefficient (Wildman–Crippen LogP) is 2.12. The molecule has 2 aromatic rings. The quantitative estimate of drug-likeness (QED) is 0.678. The minimum atomic E-state index is -0.559. The van der Waals surface area contributed by atoms with Gasteiger partial charge in [-0.2, -0.15) is 0 Å². The van der Waals surface area contributed by atoms with Crippen LogP contribution in [-0.2, 0) is 0 Å². The highest BCUT2D eigenvalue weighted by atomic mass is 19.1. The van der Waals surface area contributed by atoms with Crippen molar-refractivity contribution < 1.29 is 8.78 Å². The number of halogens is 2. The fourth-order valence-corrected chi connectivity index (χ4v) is 1.50. The molecule has 1 aromatic heterocycles. The van der Waals surface area contributed by atoms with Crippen LogP contribution < -0.4 is 5.01 Å². The van der Waals surface area contributed by atoms with E-state index >= 15 is 0 Å². The first kappa shape index (κ1) is 8.99. The molecule has 0 N–H and O–H groups in total. The average molecular weight is 196 g/mol. The molecule has 0 atom stereocenters. The van der Waals surface area contributed by atoms with Crippen molar-refractivity contribution in [3.8, 4) is 0 Å². The van der Waals surface area contributed by atoms with Crippen LogP contribution >= 0.6 is 0 Å². The smallest absolute Gasteiger partial charge is 0.135 e. The van der Waals surface area contributed by atoms with Crippen LogP contribution in [0.1, 0.15) is 0 Å². The number of aromatic nitrogens is 1. The van der Waals surface area contributed by atoms with Gasteiger partial charge in [-0.1, -0.05) is 0 Å². The SMILES string of the molecule is CN(C)n1ccc2c(F)cc(F)cc21. The van der Waals surface area contributed by atoms with Gasteiger partial charge in [0.2, 0.25) is 0 Å². The lowest BCUT2D eigenvalue weighted by Crippen LogP contribution is -2.23. The minimum absolute atomic E-state index is 0.431. The number of hydrogen-bond acceptors (Lipinski definition) is 1. The van der Waals surface area contributed by atoms with E-state index in [-0.39, 0.29) is 0 Å². The first-order valence-electron chi connectivity index (χ1n) is 4.23. The molecule has 0 saturated heterocycles. The van der Waals surface area contributed by atoms with Crippen molar-refractivity contribution in [3.63, 3.8) is 0 Å². The van der Waals surface area contributed by atoms with Crippen molar-refractivity contribution in [1.82, 2.24) is 4.68 Å². The summed E-state index contributed by atoms with van der Waals surface area (Å²) in [6, 6.07) is 3.84. The second-order valence-electron chi connectivity index (χ2n) is 3.33. The highest BCUT2D eigenvalue weighted by Gasteiger charge is 2.08. The van der Waals surface area contributed by atoms with Crippen molar-refractivity contribution in [2.24, 2.45) is 0 Å². The van der Waals surface area contributed by atoms with Gasteiger partial charge in [0.1, 0.15) is 11.6 Å². The Bertz CT molecular complexity index is 474. The molecule has 0 aliphatic heterocycles. The monoisotopic (exact) mass is 196 g/mol. The van der Waals surface area contributed by atoms with E-state index in [4.69, 9.17) is 0 Å². The number of fused-ring (bicyclic) bond motifs is 1. The highest BCUT2D eigenvalue weighted by molar-refractivity contribution is 5.81. The number of nitrogens with zero attached hydrogens (tertiary/aromatic N) is 2. The van der Waals surface area contributed by atoms with Gasteiger partial charge in [0.05, 0.1) is 5.52 Å². The van der Waals surface area contributed by atoms with Gasteiger partial charge in [-0.15, -0.1) is 0 Å². The standard InChI is InChI=1S/C10H10F2N2/c1-13(2)14-4-3-8-9(12)5-7(11)6-10(8)14/h3-6H,1-2H3. The summed E-state index contributed by atoms with van der Waals surface area (Å²) < 4.78 is 27.9. The van der Waals surface area contributed by atoms with E-state index in [1.807, 2.05) is 14.1 Å². The van der Waals surface area contributed by atoms with E-state index in [0.29, 0.717) is 10.9 Å². The molecule has 0 aliphatic carbocycles. The summed E-state index contributed by atoms with van der Waals surface area (Å²) in [7, 11) is 3.62. The molecule has 4 heteroatoms. The summed E-state index contributed by atoms with van der Waals surface area (Å²) in [5.41, 5.74) is 0.535. The number of benzene rings is 1. The van der Waals surface area contributed by atoms with E-state index in [2.05, 4.69) is 0 Å². The summed E-state index contributed by atoms with van der Waals surface area (Å²) in [5.74, 6) is -1.09. The summed E-state index contributed by atoms with van der Waals surface area (Å²) in [6.07, 6.45) is 1.70. The van der Waals surface area contributed by atoms with Crippen LogP contribution in [0.3, 0.4) is 0 Å². The second-order valence-corrected chi connectivity index (χ2v) is 3.33. The molecule has 0 amide bonds. The number of hydrogen-bond donors (Lipinski definition) is 0. The lowest BCUT2D eigenvalue weighted by molar-refractivity contribution is 0.591. The first-order chi connectivity index (χ1) is 6.59. The highest BCUT2D eigenvalue weighted by Crippen LogP contribution is 2.20. The summed E-state index contributed by atoms with van der Waals surface area (Å²) >= 11 is 0. The van der Waals surface area contributed by atoms with Crippen molar-refractivity contribution in [2.75, 3.05) is 19.1 Å². The minimum Gasteiger partial charge on any atom is -0.319 e. The fraction of sp³-hybridized carbons (Fsp3) is 0.200. The Hall–Kier alpha value is -1.58. The zero-order valence-corrected chi connectivity index (χ0v) is 7.96. The Morgan fingerprint density at radius 2 is 1.93 bits per heavy atom. The molecule has 74 valence electrons. The lowest BCUT2D eigenvalue weighted by atomic mass is 10.2. The molecule has 0 saturated carbocycles. The Balaban J connectivity index is 2.78. The molecular weight excluding hydrogens is 186 g/mol. The maximum atomic E-state index is 13.3. The van der Waals surface area contributed by atoms with Gasteiger partial charge >= 0.3 is 0 Å². The van der Waals surface area contributed by atoms with E-state index in [1.54, 1.807) is 21.9 Å². The molecule has 1 aromatic carbocycles. The molecule has 0 unspecified atom stereocenters.